The van der Waals surface area contributed by atoms with Crippen LogP contribution in [0.5, 0.6) is 0 Å². The van der Waals surface area contributed by atoms with Gasteiger partial charge in [0.25, 0.3) is 0 Å². The largest absolute Gasteiger partial charge is 0.416 e. The molecule has 0 heterocycles. The van der Waals surface area contributed by atoms with Gasteiger partial charge in [-0.3, -0.25) is 0 Å². The third kappa shape index (κ3) is 4.51. The predicted molar refractivity (Wildman–Crippen MR) is 80.1 cm³/mol. The first-order valence-corrected chi connectivity index (χ1v) is 7.58. The molecule has 0 aliphatic heterocycles. The summed E-state index contributed by atoms with van der Waals surface area (Å²) in [6.07, 6.45) is -1.68. The maximum Gasteiger partial charge on any atom is 0.416 e. The first-order chi connectivity index (χ1) is 10.0. The summed E-state index contributed by atoms with van der Waals surface area (Å²) in [5.41, 5.74) is 1.81. The van der Waals surface area contributed by atoms with Gasteiger partial charge in [-0.2, -0.15) is 13.2 Å². The van der Waals surface area contributed by atoms with Crippen molar-refractivity contribution in [2.24, 2.45) is 0 Å². The monoisotopic (exact) mass is 312 g/mol. The van der Waals surface area contributed by atoms with E-state index >= 15 is 0 Å². The van der Waals surface area contributed by atoms with Crippen LogP contribution in [0.4, 0.5) is 13.2 Å². The molecule has 0 N–H and O–H groups in total. The van der Waals surface area contributed by atoms with Crippen molar-refractivity contribution in [3.8, 4) is 11.1 Å². The molecule has 2 rings (SSSR count). The lowest BCUT2D eigenvalue weighted by Crippen LogP contribution is -2.04. The summed E-state index contributed by atoms with van der Waals surface area (Å²) in [6, 6.07) is 12.9. The van der Waals surface area contributed by atoms with Crippen LogP contribution in [0.15, 0.2) is 48.5 Å². The summed E-state index contributed by atoms with van der Waals surface area (Å²) >= 11 is 1.32. The molecule has 0 spiro atoms. The van der Waals surface area contributed by atoms with Gasteiger partial charge in [0.2, 0.25) is 0 Å². The smallest absolute Gasteiger partial charge is 0.315 e. The SMILES string of the molecule is CSOCCc1ccc(-c2cccc(C(F)(F)F)c2)cc1. The zero-order valence-corrected chi connectivity index (χ0v) is 12.3. The molecule has 112 valence electrons. The zero-order valence-electron chi connectivity index (χ0n) is 11.5. The lowest BCUT2D eigenvalue weighted by atomic mass is 10.0. The van der Waals surface area contributed by atoms with Gasteiger partial charge < -0.3 is 4.18 Å². The molecule has 1 nitrogen and oxygen atoms in total. The van der Waals surface area contributed by atoms with Crippen molar-refractivity contribution >= 4 is 12.0 Å². The Bertz CT molecular complexity index is 579. The highest BCUT2D eigenvalue weighted by atomic mass is 32.2. The molecule has 21 heavy (non-hydrogen) atoms. The van der Waals surface area contributed by atoms with E-state index in [1.807, 2.05) is 30.5 Å². The first kappa shape index (κ1) is 15.9. The first-order valence-electron chi connectivity index (χ1n) is 6.43. The fourth-order valence-corrected chi connectivity index (χ4v) is 2.23. The van der Waals surface area contributed by atoms with Crippen LogP contribution in [0.2, 0.25) is 0 Å². The van der Waals surface area contributed by atoms with E-state index < -0.39 is 11.7 Å². The van der Waals surface area contributed by atoms with Crippen molar-refractivity contribution in [2.75, 3.05) is 12.9 Å². The second-order valence-corrected chi connectivity index (χ2v) is 5.08. The molecule has 0 amide bonds. The van der Waals surface area contributed by atoms with E-state index in [2.05, 4.69) is 0 Å². The second-order valence-electron chi connectivity index (χ2n) is 4.51. The molecule has 0 atom stereocenters. The second kappa shape index (κ2) is 7.00. The summed E-state index contributed by atoms with van der Waals surface area (Å²) in [7, 11) is 0. The molecule has 0 bridgehead atoms. The Hall–Kier alpha value is -1.46. The Morgan fingerprint density at radius 1 is 1.00 bits per heavy atom. The molecule has 2 aromatic carbocycles. The summed E-state index contributed by atoms with van der Waals surface area (Å²) in [6.45, 7) is 0.615. The maximum atomic E-state index is 12.7. The Morgan fingerprint density at radius 3 is 2.33 bits per heavy atom. The molecule has 0 saturated carbocycles. The molecule has 0 fully saturated rings. The Kier molecular flexibility index (Phi) is 5.31. The van der Waals surface area contributed by atoms with Crippen molar-refractivity contribution in [3.05, 3.63) is 59.7 Å². The lowest BCUT2D eigenvalue weighted by molar-refractivity contribution is -0.137. The van der Waals surface area contributed by atoms with Crippen molar-refractivity contribution < 1.29 is 17.4 Å². The standard InChI is InChI=1S/C16H15F3OS/c1-21-20-10-9-12-5-7-13(8-6-12)14-3-2-4-15(11-14)16(17,18)19/h2-8,11H,9-10H2,1H3. The minimum atomic E-state index is -4.31. The minimum Gasteiger partial charge on any atom is -0.315 e. The van der Waals surface area contributed by atoms with E-state index in [4.69, 9.17) is 4.18 Å². The molecule has 0 radical (unpaired) electrons. The summed E-state index contributed by atoms with van der Waals surface area (Å²) in [5.74, 6) is 0. The Morgan fingerprint density at radius 2 is 1.71 bits per heavy atom. The molecule has 0 saturated heterocycles. The quantitative estimate of drug-likeness (QED) is 0.553. The average Bonchev–Trinajstić information content (AvgIpc) is 2.47. The molecular weight excluding hydrogens is 297 g/mol. The summed E-state index contributed by atoms with van der Waals surface area (Å²) < 4.78 is 43.3. The van der Waals surface area contributed by atoms with Gasteiger partial charge >= 0.3 is 6.18 Å². The maximum absolute atomic E-state index is 12.7. The van der Waals surface area contributed by atoms with Gasteiger partial charge in [-0.1, -0.05) is 36.4 Å². The van der Waals surface area contributed by atoms with Crippen LogP contribution in [0.25, 0.3) is 11.1 Å². The Labute approximate surface area is 126 Å². The number of halogens is 3. The van der Waals surface area contributed by atoms with E-state index in [-0.39, 0.29) is 0 Å². The molecule has 0 aromatic heterocycles. The molecular formula is C16H15F3OS. The fourth-order valence-electron chi connectivity index (χ4n) is 1.98. The highest BCUT2D eigenvalue weighted by Gasteiger charge is 2.30. The predicted octanol–water partition coefficient (Wildman–Crippen LogP) is 5.21. The Balaban J connectivity index is 2.15. The fraction of sp³-hybridized carbons (Fsp3) is 0.250. The van der Waals surface area contributed by atoms with E-state index in [0.29, 0.717) is 12.2 Å². The number of hydrogen-bond acceptors (Lipinski definition) is 2. The van der Waals surface area contributed by atoms with Crippen LogP contribution < -0.4 is 0 Å². The topological polar surface area (TPSA) is 9.23 Å². The number of benzene rings is 2. The van der Waals surface area contributed by atoms with Gasteiger partial charge in [0.15, 0.2) is 0 Å². The van der Waals surface area contributed by atoms with Crippen LogP contribution in [0.1, 0.15) is 11.1 Å². The van der Waals surface area contributed by atoms with Gasteiger partial charge in [0.05, 0.1) is 12.2 Å². The molecule has 2 aromatic rings. The summed E-state index contributed by atoms with van der Waals surface area (Å²) in [4.78, 5) is 0. The third-order valence-corrected chi connectivity index (χ3v) is 3.47. The van der Waals surface area contributed by atoms with Crippen LogP contribution >= 0.6 is 12.0 Å². The van der Waals surface area contributed by atoms with Gasteiger partial charge in [-0.05, 0) is 47.3 Å². The van der Waals surface area contributed by atoms with Gasteiger partial charge in [0.1, 0.15) is 0 Å². The van der Waals surface area contributed by atoms with Crippen LogP contribution in [-0.4, -0.2) is 12.9 Å². The molecule has 0 aliphatic carbocycles. The van der Waals surface area contributed by atoms with Crippen molar-refractivity contribution in [3.63, 3.8) is 0 Å². The van der Waals surface area contributed by atoms with Crippen LogP contribution in [0.3, 0.4) is 0 Å². The molecule has 0 aliphatic rings. The van der Waals surface area contributed by atoms with Crippen LogP contribution in [-0.2, 0) is 16.8 Å². The normalized spacial score (nSPS) is 11.6. The van der Waals surface area contributed by atoms with Gasteiger partial charge in [0, 0.05) is 6.26 Å². The zero-order chi connectivity index (χ0) is 15.3. The third-order valence-electron chi connectivity index (χ3n) is 3.07. The number of rotatable bonds is 5. The van der Waals surface area contributed by atoms with Crippen molar-refractivity contribution in [2.45, 2.75) is 12.6 Å². The average molecular weight is 312 g/mol. The van der Waals surface area contributed by atoms with Crippen LogP contribution in [0, 0.1) is 0 Å². The minimum absolute atomic E-state index is 0.566. The van der Waals surface area contributed by atoms with Crippen molar-refractivity contribution in [1.82, 2.24) is 0 Å². The molecule has 0 unspecified atom stereocenters. The highest BCUT2D eigenvalue weighted by molar-refractivity contribution is 7.93. The lowest BCUT2D eigenvalue weighted by Gasteiger charge is -2.09. The summed E-state index contributed by atoms with van der Waals surface area (Å²) in [5, 5.41) is 0. The highest BCUT2D eigenvalue weighted by Crippen LogP contribution is 2.32. The number of hydrogen-bond donors (Lipinski definition) is 0. The molecule has 5 heteroatoms. The van der Waals surface area contributed by atoms with E-state index in [9.17, 15) is 13.2 Å². The van der Waals surface area contributed by atoms with Gasteiger partial charge in [-0.15, -0.1) is 0 Å². The van der Waals surface area contributed by atoms with E-state index in [1.54, 1.807) is 6.07 Å². The van der Waals surface area contributed by atoms with E-state index in [0.717, 1.165) is 23.6 Å². The number of alkyl halides is 3. The van der Waals surface area contributed by atoms with Crippen molar-refractivity contribution in [1.29, 1.82) is 0 Å². The van der Waals surface area contributed by atoms with Gasteiger partial charge in [-0.25, -0.2) is 0 Å². The van der Waals surface area contributed by atoms with E-state index in [1.165, 1.54) is 24.2 Å².